The Labute approximate surface area is 345 Å². The highest BCUT2D eigenvalue weighted by Gasteiger charge is 2.25. The fourth-order valence-electron chi connectivity index (χ4n) is 6.33. The highest BCUT2D eigenvalue weighted by molar-refractivity contribution is 7.87. The molecule has 61 heavy (non-hydrogen) atoms. The van der Waals surface area contributed by atoms with Gasteiger partial charge in [0.15, 0.2) is 0 Å². The van der Waals surface area contributed by atoms with Gasteiger partial charge in [-0.2, -0.15) is 48.9 Å². The minimum Gasteiger partial charge on any atom is -0.294 e. The second kappa shape index (κ2) is 16.2. The summed E-state index contributed by atoms with van der Waals surface area (Å²) in [6.45, 7) is 0. The molecule has 312 valence electrons. The molecular weight excluding hydrogens is 879 g/mol. The first-order chi connectivity index (χ1) is 28.6. The first-order valence-corrected chi connectivity index (χ1v) is 22.9. The number of benzene rings is 6. The van der Waals surface area contributed by atoms with Crippen LogP contribution in [0.4, 0.5) is 22.7 Å². The Kier molecular flexibility index (Phi) is 11.3. The molecule has 5 N–H and O–H groups in total. The predicted octanol–water partition coefficient (Wildman–Crippen LogP) is 6.47. The second-order valence-electron chi connectivity index (χ2n) is 13.0. The summed E-state index contributed by atoms with van der Waals surface area (Å²) in [5, 5.41) is 15.3. The topological polar surface area (TPSA) is 326 Å². The maximum absolute atomic E-state index is 12.5. The summed E-state index contributed by atoms with van der Waals surface area (Å²) in [7, 11) is -19.3. The monoisotopic (exact) mass is 905 g/mol. The molecule has 0 fully saturated rings. The lowest BCUT2D eigenvalue weighted by Gasteiger charge is -2.09. The summed E-state index contributed by atoms with van der Waals surface area (Å²) in [4.78, 5) is 20.9. The Morgan fingerprint density at radius 3 is 1.30 bits per heavy atom. The molecule has 0 spiro atoms. The van der Waals surface area contributed by atoms with Crippen molar-refractivity contribution >= 4 is 84.8 Å². The van der Waals surface area contributed by atoms with E-state index in [2.05, 4.69) is 35.4 Å². The molecule has 0 bridgehead atoms. The molecule has 1 heterocycles. The molecule has 0 saturated heterocycles. The van der Waals surface area contributed by atoms with Gasteiger partial charge < -0.3 is 0 Å². The van der Waals surface area contributed by atoms with Crippen molar-refractivity contribution in [1.29, 1.82) is 0 Å². The number of nitrogens with zero attached hydrogens (tertiary/aromatic N) is 6. The van der Waals surface area contributed by atoms with Gasteiger partial charge in [0.1, 0.15) is 42.6 Å². The zero-order chi connectivity index (χ0) is 43.9. The number of hydrogen-bond acceptors (Lipinski definition) is 15. The zero-order valence-electron chi connectivity index (χ0n) is 30.6. The van der Waals surface area contributed by atoms with E-state index in [1.165, 1.54) is 36.4 Å². The third kappa shape index (κ3) is 9.61. The van der Waals surface area contributed by atoms with E-state index in [9.17, 15) is 56.7 Å². The Morgan fingerprint density at radius 2 is 0.885 bits per heavy atom. The maximum atomic E-state index is 12.5. The van der Waals surface area contributed by atoms with Gasteiger partial charge in [0.2, 0.25) is 0 Å². The molecule has 0 unspecified atom stereocenters. The predicted molar refractivity (Wildman–Crippen MR) is 217 cm³/mol. The standard InChI is InChI=1S/C37H27N7O13S4/c45-37-39-33(19-21-7-11-23(12-8-21)41-43-29-17-15-25-27(35(29)60(52,53)54)3-1-5-31(25)58(46,47)48)38-34(40-37)20-22-9-13-24(14-10-22)42-44-30-18-16-26-28(36(30)61(55,56)57)4-2-6-32(26)59(49,50)51/h1-18H,19-20H2,(H,46,47,48)(H,49,50,51)(H,52,53,54)(H,55,56,57)(H,38,39,40,45). The lowest BCUT2D eigenvalue weighted by Crippen LogP contribution is -2.18. The van der Waals surface area contributed by atoms with Gasteiger partial charge in [-0.15, -0.1) is 10.2 Å². The van der Waals surface area contributed by atoms with E-state index in [1.807, 2.05) is 0 Å². The van der Waals surface area contributed by atoms with Crippen LogP contribution in [-0.2, 0) is 53.3 Å². The third-order valence-electron chi connectivity index (χ3n) is 8.87. The number of rotatable bonds is 12. The van der Waals surface area contributed by atoms with Crippen LogP contribution in [0, 0.1) is 0 Å². The van der Waals surface area contributed by atoms with Crippen molar-refractivity contribution < 1.29 is 51.9 Å². The number of aromatic amines is 1. The molecule has 0 amide bonds. The number of nitrogens with one attached hydrogen (secondary N) is 1. The summed E-state index contributed by atoms with van der Waals surface area (Å²) in [5.41, 5.74) is 0.617. The number of aromatic nitrogens is 3. The van der Waals surface area contributed by atoms with Crippen molar-refractivity contribution in [2.75, 3.05) is 0 Å². The lowest BCUT2D eigenvalue weighted by atomic mass is 10.1. The molecule has 7 rings (SSSR count). The van der Waals surface area contributed by atoms with Gasteiger partial charge in [-0.25, -0.2) is 9.78 Å². The minimum atomic E-state index is -4.95. The first kappa shape index (κ1) is 42.6. The van der Waals surface area contributed by atoms with E-state index in [-0.39, 0.29) is 68.8 Å². The quantitative estimate of drug-likeness (QED) is 0.0648. The van der Waals surface area contributed by atoms with Crippen LogP contribution in [0.1, 0.15) is 22.8 Å². The molecule has 6 aromatic carbocycles. The van der Waals surface area contributed by atoms with Crippen molar-refractivity contribution in [3.05, 3.63) is 142 Å². The van der Waals surface area contributed by atoms with E-state index >= 15 is 0 Å². The van der Waals surface area contributed by atoms with Crippen molar-refractivity contribution in [3.63, 3.8) is 0 Å². The van der Waals surface area contributed by atoms with Crippen LogP contribution < -0.4 is 5.69 Å². The highest BCUT2D eigenvalue weighted by atomic mass is 32.2. The fraction of sp³-hybridized carbons (Fsp3) is 0.0541. The van der Waals surface area contributed by atoms with Gasteiger partial charge in [0.25, 0.3) is 40.5 Å². The van der Waals surface area contributed by atoms with Crippen LogP contribution in [0.5, 0.6) is 0 Å². The summed E-state index contributed by atoms with van der Waals surface area (Å²) in [5.74, 6) is 0.465. The number of H-pyrrole nitrogens is 1. The first-order valence-electron chi connectivity index (χ1n) is 17.1. The van der Waals surface area contributed by atoms with Gasteiger partial charge in [-0.1, -0.05) is 60.7 Å². The molecule has 24 heteroatoms. The molecular formula is C37H27N7O13S4. The smallest absolute Gasteiger partial charge is 0.294 e. The van der Waals surface area contributed by atoms with Crippen LogP contribution in [0.3, 0.4) is 0 Å². The molecule has 20 nitrogen and oxygen atoms in total. The molecule has 0 radical (unpaired) electrons. The summed E-state index contributed by atoms with van der Waals surface area (Å²) in [6.07, 6.45) is 0.283. The second-order valence-corrected chi connectivity index (χ2v) is 18.5. The van der Waals surface area contributed by atoms with E-state index in [1.54, 1.807) is 48.5 Å². The van der Waals surface area contributed by atoms with E-state index in [0.29, 0.717) is 11.1 Å². The zero-order valence-corrected chi connectivity index (χ0v) is 33.9. The Bertz CT molecular complexity index is 3260. The third-order valence-corrected chi connectivity index (χ3v) is 12.6. The number of fused-ring (bicyclic) bond motifs is 2. The molecule has 7 aromatic rings. The molecule has 0 aliphatic heterocycles. The van der Waals surface area contributed by atoms with Crippen LogP contribution >= 0.6 is 0 Å². The van der Waals surface area contributed by atoms with Crippen molar-refractivity contribution in [1.82, 2.24) is 15.0 Å². The molecule has 0 aliphatic carbocycles. The van der Waals surface area contributed by atoms with Gasteiger partial charge in [-0.05, 0) is 59.7 Å². The van der Waals surface area contributed by atoms with E-state index in [4.69, 9.17) is 0 Å². The highest BCUT2D eigenvalue weighted by Crippen LogP contribution is 2.37. The molecule has 0 aliphatic rings. The average Bonchev–Trinajstić information content (AvgIpc) is 3.17. The number of hydrogen-bond donors (Lipinski definition) is 5. The molecule has 0 atom stereocenters. The average molecular weight is 906 g/mol. The Balaban J connectivity index is 1.06. The maximum Gasteiger partial charge on any atom is 0.348 e. The van der Waals surface area contributed by atoms with Crippen molar-refractivity contribution in [2.45, 2.75) is 32.4 Å². The van der Waals surface area contributed by atoms with Crippen LogP contribution in [0.15, 0.2) is 154 Å². The van der Waals surface area contributed by atoms with Crippen LogP contribution in [0.25, 0.3) is 21.5 Å². The largest absolute Gasteiger partial charge is 0.348 e. The van der Waals surface area contributed by atoms with Crippen molar-refractivity contribution in [3.8, 4) is 0 Å². The van der Waals surface area contributed by atoms with Crippen LogP contribution in [-0.4, -0.2) is 66.8 Å². The van der Waals surface area contributed by atoms with E-state index < -0.39 is 65.7 Å². The van der Waals surface area contributed by atoms with Gasteiger partial charge in [-0.3, -0.25) is 23.2 Å². The number of azo groups is 2. The Morgan fingerprint density at radius 1 is 0.459 bits per heavy atom. The SMILES string of the molecule is O=c1nc(Cc2ccc(N=Nc3ccc4c(S(=O)(=O)O)cccc4c3S(=O)(=O)O)cc2)nc(Cc2ccc(N=Nc3ccc4c(S(=O)(=O)O)cccc4c3S(=O)(=O)O)cc2)[nH]1. The summed E-state index contributed by atoms with van der Waals surface area (Å²) < 4.78 is 136. The van der Waals surface area contributed by atoms with Gasteiger partial charge >= 0.3 is 5.69 Å². The lowest BCUT2D eigenvalue weighted by molar-refractivity contribution is 0.481. The fourth-order valence-corrected chi connectivity index (χ4v) is 9.40. The van der Waals surface area contributed by atoms with Gasteiger partial charge in [0, 0.05) is 34.4 Å². The van der Waals surface area contributed by atoms with Crippen LogP contribution in [0.2, 0.25) is 0 Å². The van der Waals surface area contributed by atoms with Gasteiger partial charge in [0.05, 0.1) is 11.4 Å². The summed E-state index contributed by atoms with van der Waals surface area (Å²) >= 11 is 0. The Hall–Kier alpha value is -6.51. The molecule has 1 aromatic heterocycles. The minimum absolute atomic E-state index is 0.124. The van der Waals surface area contributed by atoms with E-state index in [0.717, 1.165) is 24.3 Å². The van der Waals surface area contributed by atoms with Crippen molar-refractivity contribution in [2.24, 2.45) is 20.5 Å². The normalized spacial score (nSPS) is 12.9. The summed E-state index contributed by atoms with van der Waals surface area (Å²) in [6, 6.07) is 24.5. The molecule has 0 saturated carbocycles.